The molecule has 166 valence electrons. The van der Waals surface area contributed by atoms with Gasteiger partial charge in [0.1, 0.15) is 5.75 Å². The summed E-state index contributed by atoms with van der Waals surface area (Å²) in [5.74, 6) is 2.39. The van der Waals surface area contributed by atoms with Crippen molar-refractivity contribution in [3.63, 3.8) is 0 Å². The quantitative estimate of drug-likeness (QED) is 0.342. The zero-order valence-corrected chi connectivity index (χ0v) is 21.0. The summed E-state index contributed by atoms with van der Waals surface area (Å²) in [6, 6.07) is 8.49. The second-order valence-corrected chi connectivity index (χ2v) is 7.83. The first-order valence-corrected chi connectivity index (χ1v) is 10.3. The third-order valence-corrected chi connectivity index (χ3v) is 5.56. The third-order valence-electron chi connectivity index (χ3n) is 5.56. The zero-order valence-electron chi connectivity index (χ0n) is 18.7. The first-order chi connectivity index (χ1) is 14.0. The molecule has 1 aliphatic rings. The Balaban J connectivity index is 0.00000320. The molecule has 2 heterocycles. The van der Waals surface area contributed by atoms with E-state index < -0.39 is 0 Å². The van der Waals surface area contributed by atoms with Crippen LogP contribution in [-0.2, 0) is 7.05 Å². The van der Waals surface area contributed by atoms with Crippen molar-refractivity contribution in [2.45, 2.75) is 25.3 Å². The lowest BCUT2D eigenvalue weighted by molar-refractivity contribution is 0.305. The van der Waals surface area contributed by atoms with Gasteiger partial charge in [-0.05, 0) is 50.7 Å². The van der Waals surface area contributed by atoms with Crippen LogP contribution in [0.2, 0.25) is 0 Å². The lowest BCUT2D eigenvalue weighted by atomic mass is 10.0. The number of guanidine groups is 1. The van der Waals surface area contributed by atoms with Gasteiger partial charge < -0.3 is 19.9 Å². The van der Waals surface area contributed by atoms with Gasteiger partial charge >= 0.3 is 0 Å². The molecule has 2 aromatic rings. The minimum Gasteiger partial charge on any atom is -0.497 e. The van der Waals surface area contributed by atoms with Crippen molar-refractivity contribution in [1.29, 1.82) is 0 Å². The molecule has 30 heavy (non-hydrogen) atoms. The molecule has 1 fully saturated rings. The summed E-state index contributed by atoms with van der Waals surface area (Å²) >= 11 is 0. The number of aryl methyl sites for hydroxylation is 1. The average molecular weight is 526 g/mol. The molecule has 2 unspecified atom stereocenters. The van der Waals surface area contributed by atoms with E-state index >= 15 is 0 Å². The molecular formula is C22H35IN6O. The molecule has 1 N–H and O–H groups in total. The second-order valence-electron chi connectivity index (χ2n) is 7.83. The van der Waals surface area contributed by atoms with Crippen LogP contribution in [-0.4, -0.2) is 72.9 Å². The molecular weight excluding hydrogens is 491 g/mol. The fourth-order valence-electron chi connectivity index (χ4n) is 3.87. The number of ether oxygens (including phenoxy) is 1. The Morgan fingerprint density at radius 2 is 2.07 bits per heavy atom. The number of nitrogens with one attached hydrogen (secondary N) is 1. The number of aliphatic imine (C=N–C) groups is 1. The molecule has 1 aliphatic heterocycles. The summed E-state index contributed by atoms with van der Waals surface area (Å²) < 4.78 is 7.17. The van der Waals surface area contributed by atoms with Crippen molar-refractivity contribution < 1.29 is 4.74 Å². The Bertz CT molecular complexity index is 804. The number of hydrogen-bond acceptors (Lipinski definition) is 4. The Kier molecular flexibility index (Phi) is 9.41. The molecule has 0 radical (unpaired) electrons. The van der Waals surface area contributed by atoms with Crippen LogP contribution in [0, 0.1) is 0 Å². The minimum absolute atomic E-state index is 0. The SMILES string of the molecule is CCNC(=NCC(c1ccc(OC)cc1)N(C)C)N1CCC(c2cnn(C)c2)C1.I. The fourth-order valence-corrected chi connectivity index (χ4v) is 3.87. The summed E-state index contributed by atoms with van der Waals surface area (Å²) in [5.41, 5.74) is 2.56. The third kappa shape index (κ3) is 6.10. The van der Waals surface area contributed by atoms with Crippen molar-refractivity contribution >= 4 is 29.9 Å². The highest BCUT2D eigenvalue weighted by Gasteiger charge is 2.27. The van der Waals surface area contributed by atoms with E-state index in [1.807, 2.05) is 30.1 Å². The van der Waals surface area contributed by atoms with Gasteiger partial charge in [-0.25, -0.2) is 0 Å². The van der Waals surface area contributed by atoms with Crippen LogP contribution in [0.4, 0.5) is 0 Å². The normalized spacial score (nSPS) is 17.7. The van der Waals surface area contributed by atoms with E-state index in [0.29, 0.717) is 12.5 Å². The predicted molar refractivity (Wildman–Crippen MR) is 133 cm³/mol. The molecule has 1 saturated heterocycles. The van der Waals surface area contributed by atoms with Gasteiger partial charge in [-0.15, -0.1) is 24.0 Å². The van der Waals surface area contributed by atoms with Gasteiger partial charge in [0.25, 0.3) is 0 Å². The molecule has 0 amide bonds. The molecule has 0 saturated carbocycles. The Labute approximate surface area is 197 Å². The van der Waals surface area contributed by atoms with E-state index in [0.717, 1.165) is 37.8 Å². The van der Waals surface area contributed by atoms with Crippen molar-refractivity contribution in [3.8, 4) is 5.75 Å². The van der Waals surface area contributed by atoms with Crippen molar-refractivity contribution in [2.24, 2.45) is 12.0 Å². The van der Waals surface area contributed by atoms with Crippen molar-refractivity contribution in [1.82, 2.24) is 24.9 Å². The van der Waals surface area contributed by atoms with Crippen LogP contribution in [0.25, 0.3) is 0 Å². The summed E-state index contributed by atoms with van der Waals surface area (Å²) in [4.78, 5) is 9.60. The number of likely N-dealkylation sites (N-methyl/N-ethyl adjacent to an activating group) is 1. The Morgan fingerprint density at radius 1 is 1.33 bits per heavy atom. The van der Waals surface area contributed by atoms with E-state index in [1.165, 1.54) is 11.1 Å². The molecule has 2 atom stereocenters. The number of likely N-dealkylation sites (tertiary alicyclic amines) is 1. The number of benzene rings is 1. The van der Waals surface area contributed by atoms with Crippen LogP contribution in [0.5, 0.6) is 5.75 Å². The van der Waals surface area contributed by atoms with Crippen LogP contribution in [0.15, 0.2) is 41.7 Å². The Hall–Kier alpha value is -1.81. The molecule has 8 heteroatoms. The Morgan fingerprint density at radius 3 is 2.63 bits per heavy atom. The maximum Gasteiger partial charge on any atom is 0.194 e. The van der Waals surface area contributed by atoms with Crippen molar-refractivity contribution in [3.05, 3.63) is 47.8 Å². The molecule has 1 aromatic heterocycles. The minimum atomic E-state index is 0. The highest BCUT2D eigenvalue weighted by Crippen LogP contribution is 2.27. The highest BCUT2D eigenvalue weighted by atomic mass is 127. The first kappa shape index (κ1) is 24.5. The zero-order chi connectivity index (χ0) is 20.8. The van der Waals surface area contributed by atoms with Crippen molar-refractivity contribution in [2.75, 3.05) is 47.4 Å². The summed E-state index contributed by atoms with van der Waals surface area (Å²) in [6.45, 7) is 5.68. The number of halogens is 1. The summed E-state index contributed by atoms with van der Waals surface area (Å²) in [7, 11) is 7.87. The number of nitrogens with zero attached hydrogens (tertiary/aromatic N) is 5. The second kappa shape index (κ2) is 11.5. The standard InChI is InChI=1S/C22H34N6O.HI/c1-6-23-22(28-12-11-18(16-28)19-13-25-27(4)15-19)24-14-21(26(2)3)17-7-9-20(29-5)10-8-17;/h7-10,13,15,18,21H,6,11-12,14,16H2,1-5H3,(H,23,24);1H. The van der Waals surface area contributed by atoms with Gasteiger partial charge in [0, 0.05) is 38.8 Å². The molecule has 0 bridgehead atoms. The lowest BCUT2D eigenvalue weighted by Crippen LogP contribution is -2.40. The van der Waals surface area contributed by atoms with Crippen LogP contribution < -0.4 is 10.1 Å². The molecule has 3 rings (SSSR count). The average Bonchev–Trinajstić information content (AvgIpc) is 3.36. The maximum atomic E-state index is 5.29. The van der Waals surface area contributed by atoms with Gasteiger partial charge in [-0.1, -0.05) is 12.1 Å². The topological polar surface area (TPSA) is 57.9 Å². The van der Waals surface area contributed by atoms with Gasteiger partial charge in [0.15, 0.2) is 5.96 Å². The van der Waals surface area contributed by atoms with Gasteiger partial charge in [0.2, 0.25) is 0 Å². The smallest absolute Gasteiger partial charge is 0.194 e. The lowest BCUT2D eigenvalue weighted by Gasteiger charge is -2.26. The summed E-state index contributed by atoms with van der Waals surface area (Å²) in [5, 5.41) is 7.81. The van der Waals surface area contributed by atoms with Gasteiger partial charge in [-0.2, -0.15) is 5.10 Å². The predicted octanol–water partition coefficient (Wildman–Crippen LogP) is 3.10. The molecule has 1 aromatic carbocycles. The van der Waals surface area contributed by atoms with E-state index in [4.69, 9.17) is 9.73 Å². The molecule has 0 spiro atoms. The highest BCUT2D eigenvalue weighted by molar-refractivity contribution is 14.0. The summed E-state index contributed by atoms with van der Waals surface area (Å²) in [6.07, 6.45) is 5.25. The fraction of sp³-hybridized carbons (Fsp3) is 0.545. The van der Waals surface area contributed by atoms with Crippen LogP contribution in [0.3, 0.4) is 0 Å². The van der Waals surface area contributed by atoms with Crippen LogP contribution in [0.1, 0.15) is 36.4 Å². The van der Waals surface area contributed by atoms with Gasteiger partial charge in [0.05, 0.1) is 25.9 Å². The first-order valence-electron chi connectivity index (χ1n) is 10.3. The van der Waals surface area contributed by atoms with Crippen LogP contribution >= 0.6 is 24.0 Å². The number of rotatable bonds is 7. The number of methoxy groups -OCH3 is 1. The van der Waals surface area contributed by atoms with E-state index in [-0.39, 0.29) is 30.0 Å². The number of aromatic nitrogens is 2. The molecule has 7 nitrogen and oxygen atoms in total. The van der Waals surface area contributed by atoms with E-state index in [1.54, 1.807) is 7.11 Å². The largest absolute Gasteiger partial charge is 0.497 e. The monoisotopic (exact) mass is 526 g/mol. The van der Waals surface area contributed by atoms with E-state index in [2.05, 4.69) is 59.6 Å². The molecule has 0 aliphatic carbocycles. The van der Waals surface area contributed by atoms with Gasteiger partial charge in [-0.3, -0.25) is 9.67 Å². The van der Waals surface area contributed by atoms with E-state index in [9.17, 15) is 0 Å². The maximum absolute atomic E-state index is 5.29. The number of hydrogen-bond donors (Lipinski definition) is 1.